The van der Waals surface area contributed by atoms with Gasteiger partial charge in [-0.15, -0.1) is 0 Å². The summed E-state index contributed by atoms with van der Waals surface area (Å²) in [5.74, 6) is 0.930. The molecule has 0 spiro atoms. The predicted octanol–water partition coefficient (Wildman–Crippen LogP) is 3.99. The Bertz CT molecular complexity index is 658. The van der Waals surface area contributed by atoms with Gasteiger partial charge in [-0.1, -0.05) is 19.3 Å². The van der Waals surface area contributed by atoms with Crippen LogP contribution in [0.3, 0.4) is 0 Å². The number of benzene rings is 1. The Hall–Kier alpha value is -1.42. The zero-order valence-corrected chi connectivity index (χ0v) is 13.2. The second-order valence-electron chi connectivity index (χ2n) is 5.14. The van der Waals surface area contributed by atoms with Crippen LogP contribution in [0.25, 0.3) is 10.9 Å². The van der Waals surface area contributed by atoms with Crippen molar-refractivity contribution in [2.45, 2.75) is 38.1 Å². The summed E-state index contributed by atoms with van der Waals surface area (Å²) in [4.78, 5) is 8.75. The van der Waals surface area contributed by atoms with Gasteiger partial charge in [0.15, 0.2) is 0 Å². The fourth-order valence-electron chi connectivity index (χ4n) is 2.76. The van der Waals surface area contributed by atoms with Crippen molar-refractivity contribution in [3.05, 3.63) is 30.1 Å². The molecule has 1 fully saturated rings. The molecule has 1 aliphatic carbocycles. The number of rotatable bonds is 2. The molecule has 3 rings (SSSR count). The fourth-order valence-corrected chi connectivity index (χ4v) is 3.70. The van der Waals surface area contributed by atoms with Gasteiger partial charge in [0.2, 0.25) is 0 Å². The van der Waals surface area contributed by atoms with E-state index in [4.69, 9.17) is 5.26 Å². The number of hydrogen-bond acceptors (Lipinski definition) is 4. The highest BCUT2D eigenvalue weighted by molar-refractivity contribution is 14.1. The van der Waals surface area contributed by atoms with Crippen molar-refractivity contribution in [2.24, 2.45) is 0 Å². The van der Waals surface area contributed by atoms with E-state index in [0.29, 0.717) is 11.6 Å². The first-order valence-corrected chi connectivity index (χ1v) is 7.86. The van der Waals surface area contributed by atoms with Crippen LogP contribution in [0, 0.1) is 11.3 Å². The standard InChI is InChI=1S/C15H15IN4/c16-20(12-4-2-1-3-5-12)15-13-8-11(9-17)6-7-14(13)18-10-19-15/h6-8,10,12H,1-5H2. The average molecular weight is 378 g/mol. The molecule has 0 saturated heterocycles. The fraction of sp³-hybridized carbons (Fsp3) is 0.400. The van der Waals surface area contributed by atoms with E-state index in [0.717, 1.165) is 16.7 Å². The lowest BCUT2D eigenvalue weighted by molar-refractivity contribution is 0.450. The molecule has 1 aromatic carbocycles. The van der Waals surface area contributed by atoms with Gasteiger partial charge in [-0.3, -0.25) is 3.11 Å². The lowest BCUT2D eigenvalue weighted by Crippen LogP contribution is -2.29. The van der Waals surface area contributed by atoms with E-state index in [1.54, 1.807) is 12.4 Å². The summed E-state index contributed by atoms with van der Waals surface area (Å²) >= 11 is 2.36. The Kier molecular flexibility index (Phi) is 4.01. The summed E-state index contributed by atoms with van der Waals surface area (Å²) in [6.45, 7) is 0. The molecule has 1 heterocycles. The van der Waals surface area contributed by atoms with Crippen molar-refractivity contribution in [1.82, 2.24) is 9.97 Å². The summed E-state index contributed by atoms with van der Waals surface area (Å²) in [5.41, 5.74) is 1.55. The van der Waals surface area contributed by atoms with E-state index >= 15 is 0 Å². The Morgan fingerprint density at radius 2 is 2.00 bits per heavy atom. The van der Waals surface area contributed by atoms with Gasteiger partial charge in [0.1, 0.15) is 12.1 Å². The Balaban J connectivity index is 2.03. The molecule has 1 aliphatic rings. The van der Waals surface area contributed by atoms with Gasteiger partial charge in [-0.05, 0) is 31.0 Å². The second-order valence-corrected chi connectivity index (χ2v) is 6.18. The maximum atomic E-state index is 9.07. The highest BCUT2D eigenvalue weighted by atomic mass is 127. The van der Waals surface area contributed by atoms with Crippen molar-refractivity contribution < 1.29 is 0 Å². The molecule has 4 nitrogen and oxygen atoms in total. The van der Waals surface area contributed by atoms with Crippen LogP contribution in [0.4, 0.5) is 5.82 Å². The van der Waals surface area contributed by atoms with Gasteiger partial charge in [0.05, 0.1) is 40.0 Å². The maximum Gasteiger partial charge on any atom is 0.148 e. The quantitative estimate of drug-likeness (QED) is 0.586. The maximum absolute atomic E-state index is 9.07. The van der Waals surface area contributed by atoms with E-state index in [-0.39, 0.29) is 0 Å². The highest BCUT2D eigenvalue weighted by Crippen LogP contribution is 2.33. The first-order chi connectivity index (χ1) is 9.79. The number of anilines is 1. The predicted molar refractivity (Wildman–Crippen MR) is 87.6 cm³/mol. The van der Waals surface area contributed by atoms with Gasteiger partial charge in [0, 0.05) is 11.4 Å². The topological polar surface area (TPSA) is 52.8 Å². The molecule has 102 valence electrons. The van der Waals surface area contributed by atoms with Crippen LogP contribution in [0.1, 0.15) is 37.7 Å². The normalized spacial score (nSPS) is 16.0. The molecule has 0 radical (unpaired) electrons. The summed E-state index contributed by atoms with van der Waals surface area (Å²) in [5, 5.41) is 10.0. The van der Waals surface area contributed by atoms with Gasteiger partial charge in [0.25, 0.3) is 0 Å². The van der Waals surface area contributed by atoms with E-state index in [1.165, 1.54) is 32.1 Å². The minimum absolute atomic E-state index is 0.535. The number of halogens is 1. The summed E-state index contributed by atoms with van der Waals surface area (Å²) in [6.07, 6.45) is 7.95. The summed E-state index contributed by atoms with van der Waals surface area (Å²) in [7, 11) is 0. The molecule has 1 saturated carbocycles. The SMILES string of the molecule is N#Cc1ccc2ncnc(N(I)C3CCCCC3)c2c1. The van der Waals surface area contributed by atoms with Crippen LogP contribution in [-0.4, -0.2) is 16.0 Å². The summed E-state index contributed by atoms with van der Waals surface area (Å²) < 4.78 is 2.24. The van der Waals surface area contributed by atoms with Gasteiger partial charge in [-0.25, -0.2) is 9.97 Å². The van der Waals surface area contributed by atoms with E-state index in [1.807, 2.05) is 12.1 Å². The van der Waals surface area contributed by atoms with Crippen molar-refractivity contribution >= 4 is 39.6 Å². The molecular weight excluding hydrogens is 363 g/mol. The van der Waals surface area contributed by atoms with Crippen LogP contribution in [0.2, 0.25) is 0 Å². The Labute approximate surface area is 132 Å². The third kappa shape index (κ3) is 2.57. The average Bonchev–Trinajstić information content (AvgIpc) is 2.54. The molecule has 20 heavy (non-hydrogen) atoms. The van der Waals surface area contributed by atoms with Gasteiger partial charge < -0.3 is 0 Å². The van der Waals surface area contributed by atoms with Crippen LogP contribution in [0.5, 0.6) is 0 Å². The Morgan fingerprint density at radius 3 is 2.75 bits per heavy atom. The smallest absolute Gasteiger partial charge is 0.148 e. The van der Waals surface area contributed by atoms with Crippen molar-refractivity contribution in [2.75, 3.05) is 3.11 Å². The van der Waals surface area contributed by atoms with E-state index in [9.17, 15) is 0 Å². The second kappa shape index (κ2) is 5.92. The number of nitriles is 1. The van der Waals surface area contributed by atoms with Crippen LogP contribution in [0.15, 0.2) is 24.5 Å². The molecule has 0 atom stereocenters. The molecule has 1 aromatic heterocycles. The number of fused-ring (bicyclic) bond motifs is 1. The largest absolute Gasteiger partial charge is 0.295 e. The summed E-state index contributed by atoms with van der Waals surface area (Å²) in [6, 6.07) is 8.31. The minimum Gasteiger partial charge on any atom is -0.295 e. The highest BCUT2D eigenvalue weighted by Gasteiger charge is 2.22. The zero-order chi connectivity index (χ0) is 13.9. The number of aromatic nitrogens is 2. The lowest BCUT2D eigenvalue weighted by atomic mass is 9.95. The van der Waals surface area contributed by atoms with Crippen LogP contribution < -0.4 is 3.11 Å². The molecule has 0 bridgehead atoms. The van der Waals surface area contributed by atoms with E-state index < -0.39 is 0 Å². The monoisotopic (exact) mass is 378 g/mol. The van der Waals surface area contributed by atoms with Crippen LogP contribution in [-0.2, 0) is 0 Å². The molecule has 5 heteroatoms. The molecule has 0 amide bonds. The number of nitrogens with zero attached hydrogens (tertiary/aromatic N) is 4. The molecular formula is C15H15IN4. The van der Waals surface area contributed by atoms with Crippen molar-refractivity contribution in [1.29, 1.82) is 5.26 Å². The Morgan fingerprint density at radius 1 is 1.20 bits per heavy atom. The third-order valence-corrected chi connectivity index (χ3v) is 5.09. The van der Waals surface area contributed by atoms with Crippen molar-refractivity contribution in [3.8, 4) is 6.07 Å². The first kappa shape index (κ1) is 13.6. The number of hydrogen-bond donors (Lipinski definition) is 0. The van der Waals surface area contributed by atoms with Gasteiger partial charge >= 0.3 is 0 Å². The third-order valence-electron chi connectivity index (χ3n) is 3.84. The first-order valence-electron chi connectivity index (χ1n) is 6.89. The van der Waals surface area contributed by atoms with Gasteiger partial charge in [-0.2, -0.15) is 5.26 Å². The lowest BCUT2D eigenvalue weighted by Gasteiger charge is -2.30. The molecule has 0 aliphatic heterocycles. The van der Waals surface area contributed by atoms with E-state index in [2.05, 4.69) is 42.0 Å². The van der Waals surface area contributed by atoms with Crippen LogP contribution >= 0.6 is 22.9 Å². The van der Waals surface area contributed by atoms with Crippen molar-refractivity contribution in [3.63, 3.8) is 0 Å². The zero-order valence-electron chi connectivity index (χ0n) is 11.1. The molecule has 0 N–H and O–H groups in total. The minimum atomic E-state index is 0.535. The molecule has 0 unspecified atom stereocenters. The molecule has 2 aromatic rings.